The Labute approximate surface area is 60.3 Å². The van der Waals surface area contributed by atoms with Crippen LogP contribution in [0.15, 0.2) is 0 Å². The van der Waals surface area contributed by atoms with Crippen molar-refractivity contribution in [3.05, 3.63) is 0 Å². The lowest BCUT2D eigenvalue weighted by Crippen LogP contribution is -2.07. The van der Waals surface area contributed by atoms with Crippen LogP contribution in [0.3, 0.4) is 0 Å². The third-order valence-corrected chi connectivity index (χ3v) is 5.18. The predicted molar refractivity (Wildman–Crippen MR) is 45.7 cm³/mol. The van der Waals surface area contributed by atoms with Crippen LogP contribution in [-0.2, 0) is 0 Å². The zero-order valence-corrected chi connectivity index (χ0v) is 7.68. The fourth-order valence-electron chi connectivity index (χ4n) is 1.66. The molecule has 1 aliphatic heterocycles. The molecule has 0 aromatic rings. The second-order valence-corrected chi connectivity index (χ2v) is 6.82. The molecule has 0 atom stereocenters. The number of hydrogen-bond acceptors (Lipinski definition) is 0. The molecular weight excluding hydrogens is 124 g/mol. The predicted octanol–water partition coefficient (Wildman–Crippen LogP) is 2.81. The summed E-state index contributed by atoms with van der Waals surface area (Å²) >= 11 is 0. The molecule has 1 aliphatic rings. The van der Waals surface area contributed by atoms with Crippen LogP contribution in [0.1, 0.15) is 32.1 Å². The van der Waals surface area contributed by atoms with Crippen LogP contribution < -0.4 is 0 Å². The smallest absolute Gasteiger partial charge is 0.0336 e. The third-order valence-electron chi connectivity index (χ3n) is 2.39. The minimum absolute atomic E-state index is 0.169. The summed E-state index contributed by atoms with van der Waals surface area (Å²) < 4.78 is 0. The van der Waals surface area contributed by atoms with E-state index < -0.39 is 0 Å². The maximum Gasteiger partial charge on any atom is 0.0336 e. The highest BCUT2D eigenvalue weighted by Crippen LogP contribution is 2.17. The molecule has 1 fully saturated rings. The first-order chi connectivity index (χ1) is 4.39. The normalized spacial score (nSPS) is 25.0. The SMILES string of the molecule is C[SiH]1CCCCCCC1. The van der Waals surface area contributed by atoms with Gasteiger partial charge in [-0.15, -0.1) is 0 Å². The summed E-state index contributed by atoms with van der Waals surface area (Å²) in [5, 5.41) is 0. The summed E-state index contributed by atoms with van der Waals surface area (Å²) in [5.74, 6) is 0. The lowest BCUT2D eigenvalue weighted by Gasteiger charge is -2.12. The molecule has 0 N–H and O–H groups in total. The van der Waals surface area contributed by atoms with E-state index in [1.54, 1.807) is 24.9 Å². The van der Waals surface area contributed by atoms with E-state index in [0.717, 1.165) is 0 Å². The summed E-state index contributed by atoms with van der Waals surface area (Å²) in [4.78, 5) is 0. The van der Waals surface area contributed by atoms with Crippen molar-refractivity contribution in [2.75, 3.05) is 0 Å². The van der Waals surface area contributed by atoms with Crippen LogP contribution in [0, 0.1) is 0 Å². The van der Waals surface area contributed by atoms with Crippen LogP contribution in [-0.4, -0.2) is 8.80 Å². The Morgan fingerprint density at radius 1 is 0.778 bits per heavy atom. The van der Waals surface area contributed by atoms with Crippen molar-refractivity contribution in [1.82, 2.24) is 0 Å². The first kappa shape index (κ1) is 7.33. The van der Waals surface area contributed by atoms with Gasteiger partial charge in [-0.05, 0) is 0 Å². The lowest BCUT2D eigenvalue weighted by molar-refractivity contribution is 0.636. The number of rotatable bonds is 0. The minimum atomic E-state index is -0.169. The summed E-state index contributed by atoms with van der Waals surface area (Å²) in [6.07, 6.45) is 7.66. The van der Waals surface area contributed by atoms with Gasteiger partial charge in [0.05, 0.1) is 0 Å². The summed E-state index contributed by atoms with van der Waals surface area (Å²) in [5.41, 5.74) is 0. The van der Waals surface area contributed by atoms with Crippen molar-refractivity contribution in [3.63, 3.8) is 0 Å². The number of hydrogen-bond donors (Lipinski definition) is 0. The maximum atomic E-state index is 2.53. The highest BCUT2D eigenvalue weighted by atomic mass is 28.3. The van der Waals surface area contributed by atoms with Gasteiger partial charge >= 0.3 is 0 Å². The largest absolute Gasteiger partial charge is 0.0720 e. The average molecular weight is 142 g/mol. The Bertz CT molecular complexity index is 63.0. The second kappa shape index (κ2) is 4.10. The summed E-state index contributed by atoms with van der Waals surface area (Å²) in [6, 6.07) is 3.25. The first-order valence-electron chi connectivity index (χ1n) is 4.39. The molecule has 0 aromatic heterocycles. The Balaban J connectivity index is 2.12. The van der Waals surface area contributed by atoms with Gasteiger partial charge in [-0.1, -0.05) is 50.7 Å². The quantitative estimate of drug-likeness (QED) is 0.456. The molecule has 0 amide bonds. The lowest BCUT2D eigenvalue weighted by atomic mass is 10.2. The molecular formula is C8H18Si. The molecule has 1 heteroatoms. The van der Waals surface area contributed by atoms with Crippen LogP contribution in [0.2, 0.25) is 18.6 Å². The Kier molecular flexibility index (Phi) is 3.34. The zero-order valence-electron chi connectivity index (χ0n) is 6.53. The molecule has 0 spiro atoms. The van der Waals surface area contributed by atoms with Gasteiger partial charge in [-0.2, -0.15) is 0 Å². The average Bonchev–Trinajstić information content (AvgIpc) is 1.79. The van der Waals surface area contributed by atoms with Crippen LogP contribution in [0.5, 0.6) is 0 Å². The molecule has 0 unspecified atom stereocenters. The summed E-state index contributed by atoms with van der Waals surface area (Å²) in [7, 11) is -0.169. The van der Waals surface area contributed by atoms with Gasteiger partial charge in [0.25, 0.3) is 0 Å². The van der Waals surface area contributed by atoms with E-state index in [-0.39, 0.29) is 8.80 Å². The molecule has 0 radical (unpaired) electrons. The molecule has 1 saturated heterocycles. The maximum absolute atomic E-state index is 2.53. The zero-order chi connectivity index (χ0) is 6.53. The fourth-order valence-corrected chi connectivity index (χ4v) is 3.92. The van der Waals surface area contributed by atoms with Gasteiger partial charge in [0, 0.05) is 8.80 Å². The first-order valence-corrected chi connectivity index (χ1v) is 7.18. The van der Waals surface area contributed by atoms with Crippen molar-refractivity contribution in [1.29, 1.82) is 0 Å². The van der Waals surface area contributed by atoms with E-state index in [4.69, 9.17) is 0 Å². The molecule has 0 aromatic carbocycles. The molecule has 0 aliphatic carbocycles. The fraction of sp³-hybridized carbons (Fsp3) is 1.00. The van der Waals surface area contributed by atoms with E-state index in [1.807, 2.05) is 0 Å². The molecule has 1 heterocycles. The summed E-state index contributed by atoms with van der Waals surface area (Å²) in [6.45, 7) is 2.53. The van der Waals surface area contributed by atoms with Gasteiger partial charge in [0.2, 0.25) is 0 Å². The monoisotopic (exact) mass is 142 g/mol. The van der Waals surface area contributed by atoms with E-state index in [9.17, 15) is 0 Å². The van der Waals surface area contributed by atoms with Gasteiger partial charge in [-0.25, -0.2) is 0 Å². The Morgan fingerprint density at radius 3 is 1.78 bits per heavy atom. The van der Waals surface area contributed by atoms with Gasteiger partial charge < -0.3 is 0 Å². The minimum Gasteiger partial charge on any atom is -0.0720 e. The third kappa shape index (κ3) is 3.04. The van der Waals surface area contributed by atoms with Gasteiger partial charge in [0.15, 0.2) is 0 Å². The highest BCUT2D eigenvalue weighted by Gasteiger charge is 2.05. The van der Waals surface area contributed by atoms with E-state index in [2.05, 4.69) is 6.55 Å². The molecule has 0 bridgehead atoms. The van der Waals surface area contributed by atoms with Gasteiger partial charge in [0.1, 0.15) is 0 Å². The Hall–Kier alpha value is 0.217. The van der Waals surface area contributed by atoms with Crippen molar-refractivity contribution >= 4 is 8.80 Å². The van der Waals surface area contributed by atoms with Crippen molar-refractivity contribution in [3.8, 4) is 0 Å². The van der Waals surface area contributed by atoms with Crippen LogP contribution >= 0.6 is 0 Å². The van der Waals surface area contributed by atoms with E-state index >= 15 is 0 Å². The van der Waals surface area contributed by atoms with E-state index in [1.165, 1.54) is 19.3 Å². The van der Waals surface area contributed by atoms with Crippen molar-refractivity contribution < 1.29 is 0 Å². The van der Waals surface area contributed by atoms with Crippen LogP contribution in [0.4, 0.5) is 0 Å². The Morgan fingerprint density at radius 2 is 1.22 bits per heavy atom. The van der Waals surface area contributed by atoms with Crippen molar-refractivity contribution in [2.24, 2.45) is 0 Å². The second-order valence-electron chi connectivity index (χ2n) is 3.45. The highest BCUT2D eigenvalue weighted by molar-refractivity contribution is 6.57. The topological polar surface area (TPSA) is 0 Å². The molecule has 1 rings (SSSR count). The van der Waals surface area contributed by atoms with E-state index in [0.29, 0.717) is 0 Å². The standard InChI is InChI=1S/C8H18Si/c1-9-7-5-3-2-4-6-8-9/h9H,2-8H2,1H3. The molecule has 0 saturated carbocycles. The van der Waals surface area contributed by atoms with Crippen molar-refractivity contribution in [2.45, 2.75) is 50.7 Å². The molecule has 0 nitrogen and oxygen atoms in total. The van der Waals surface area contributed by atoms with Gasteiger partial charge in [-0.3, -0.25) is 0 Å². The molecule has 54 valence electrons. The van der Waals surface area contributed by atoms with Crippen LogP contribution in [0.25, 0.3) is 0 Å². The molecule has 9 heavy (non-hydrogen) atoms.